The number of benzene rings is 3. The van der Waals surface area contributed by atoms with E-state index in [0.717, 1.165) is 32.8 Å². The number of hydrogen-bond donors (Lipinski definition) is 0. The molecule has 1 saturated heterocycles. The van der Waals surface area contributed by atoms with Gasteiger partial charge in [0.05, 0.1) is 5.56 Å². The summed E-state index contributed by atoms with van der Waals surface area (Å²) < 4.78 is 1.99. The van der Waals surface area contributed by atoms with Gasteiger partial charge in [0, 0.05) is 55.9 Å². The lowest BCUT2D eigenvalue weighted by molar-refractivity contribution is 0.0537. The number of aromatic nitrogens is 1. The summed E-state index contributed by atoms with van der Waals surface area (Å²) in [6.45, 7) is 2.16. The maximum Gasteiger partial charge on any atom is 0.256 e. The van der Waals surface area contributed by atoms with E-state index in [-0.39, 0.29) is 11.8 Å². The molecule has 4 aromatic rings. The molecule has 5 rings (SSSR count). The first-order valence-corrected chi connectivity index (χ1v) is 10.2. The Balaban J connectivity index is 1.33. The highest BCUT2D eigenvalue weighted by molar-refractivity contribution is 6.08. The molecular weight excluding hydrogens is 374 g/mol. The molecule has 150 valence electrons. The molecule has 0 N–H and O–H groups in total. The lowest BCUT2D eigenvalue weighted by Gasteiger charge is -2.35. The monoisotopic (exact) mass is 397 g/mol. The van der Waals surface area contributed by atoms with Gasteiger partial charge in [0.2, 0.25) is 0 Å². The molecule has 30 heavy (non-hydrogen) atoms. The van der Waals surface area contributed by atoms with Crippen LogP contribution in [0.4, 0.5) is 0 Å². The Morgan fingerprint density at radius 3 is 1.97 bits per heavy atom. The number of aryl methyl sites for hydroxylation is 1. The molecule has 0 spiro atoms. The second kappa shape index (κ2) is 7.34. The minimum atomic E-state index is 0.0315. The Hall–Kier alpha value is -3.60. The van der Waals surface area contributed by atoms with Crippen LogP contribution in [-0.2, 0) is 7.05 Å². The second-order valence-corrected chi connectivity index (χ2v) is 7.78. The van der Waals surface area contributed by atoms with Gasteiger partial charge in [0.15, 0.2) is 0 Å². The predicted octanol–water partition coefficient (Wildman–Crippen LogP) is 3.93. The summed E-state index contributed by atoms with van der Waals surface area (Å²) >= 11 is 0. The van der Waals surface area contributed by atoms with Gasteiger partial charge in [-0.15, -0.1) is 0 Å². The number of para-hydroxylation sites is 1. The van der Waals surface area contributed by atoms with Crippen LogP contribution in [0, 0.1) is 0 Å². The van der Waals surface area contributed by atoms with Gasteiger partial charge in [0.1, 0.15) is 0 Å². The number of carbonyl (C=O) groups is 2. The third kappa shape index (κ3) is 3.03. The molecule has 0 unspecified atom stereocenters. The number of hydrogen-bond acceptors (Lipinski definition) is 2. The smallest absolute Gasteiger partial charge is 0.256 e. The largest absolute Gasteiger partial charge is 0.350 e. The molecule has 0 saturated carbocycles. The Kier molecular flexibility index (Phi) is 4.51. The highest BCUT2D eigenvalue weighted by atomic mass is 16.2. The Bertz CT molecular complexity index is 1260. The molecule has 1 aliphatic heterocycles. The molecule has 5 heteroatoms. The van der Waals surface area contributed by atoms with E-state index < -0.39 is 0 Å². The van der Waals surface area contributed by atoms with E-state index in [1.807, 2.05) is 94.3 Å². The SMILES string of the molecule is Cn1cc(C(=O)N2CCN(C(=O)c3cccc4ccccc34)CC2)c2ccccc21. The maximum absolute atomic E-state index is 13.2. The van der Waals surface area contributed by atoms with Crippen molar-refractivity contribution in [3.63, 3.8) is 0 Å². The summed E-state index contributed by atoms with van der Waals surface area (Å²) in [5, 5.41) is 3.01. The van der Waals surface area contributed by atoms with Crippen molar-refractivity contribution in [2.45, 2.75) is 0 Å². The van der Waals surface area contributed by atoms with Gasteiger partial charge in [0.25, 0.3) is 11.8 Å². The molecule has 0 radical (unpaired) electrons. The fourth-order valence-corrected chi connectivity index (χ4v) is 4.38. The summed E-state index contributed by atoms with van der Waals surface area (Å²) in [6, 6.07) is 21.7. The predicted molar refractivity (Wildman–Crippen MR) is 119 cm³/mol. The lowest BCUT2D eigenvalue weighted by Crippen LogP contribution is -2.50. The van der Waals surface area contributed by atoms with Crippen molar-refractivity contribution < 1.29 is 9.59 Å². The van der Waals surface area contributed by atoms with Crippen molar-refractivity contribution in [1.82, 2.24) is 14.4 Å². The third-order valence-corrected chi connectivity index (χ3v) is 6.00. The molecule has 2 amide bonds. The lowest BCUT2D eigenvalue weighted by atomic mass is 10.0. The van der Waals surface area contributed by atoms with E-state index in [0.29, 0.717) is 26.2 Å². The van der Waals surface area contributed by atoms with Crippen LogP contribution in [0.1, 0.15) is 20.7 Å². The summed E-state index contributed by atoms with van der Waals surface area (Å²) in [7, 11) is 1.96. The Morgan fingerprint density at radius 2 is 1.23 bits per heavy atom. The molecule has 1 fully saturated rings. The van der Waals surface area contributed by atoms with Gasteiger partial charge in [-0.3, -0.25) is 9.59 Å². The first-order chi connectivity index (χ1) is 14.6. The summed E-state index contributed by atoms with van der Waals surface area (Å²) in [6.07, 6.45) is 1.90. The van der Waals surface area contributed by atoms with Crippen molar-refractivity contribution in [2.24, 2.45) is 7.05 Å². The summed E-state index contributed by atoms with van der Waals surface area (Å²) in [5.41, 5.74) is 2.49. The zero-order valence-corrected chi connectivity index (χ0v) is 16.9. The van der Waals surface area contributed by atoms with Gasteiger partial charge >= 0.3 is 0 Å². The number of nitrogens with zero attached hydrogens (tertiary/aromatic N) is 3. The van der Waals surface area contributed by atoms with Crippen molar-refractivity contribution in [3.05, 3.63) is 84.1 Å². The number of rotatable bonds is 2. The summed E-state index contributed by atoms with van der Waals surface area (Å²) in [4.78, 5) is 30.0. The molecular formula is C25H23N3O2. The van der Waals surface area contributed by atoms with Crippen molar-refractivity contribution in [2.75, 3.05) is 26.2 Å². The van der Waals surface area contributed by atoms with Gasteiger partial charge in [-0.1, -0.05) is 54.6 Å². The average Bonchev–Trinajstić information content (AvgIpc) is 3.14. The number of fused-ring (bicyclic) bond motifs is 2. The van der Waals surface area contributed by atoms with Crippen molar-refractivity contribution >= 4 is 33.5 Å². The normalized spacial score (nSPS) is 14.4. The van der Waals surface area contributed by atoms with Crippen LogP contribution < -0.4 is 0 Å². The Morgan fingerprint density at radius 1 is 0.667 bits per heavy atom. The highest BCUT2D eigenvalue weighted by Gasteiger charge is 2.27. The topological polar surface area (TPSA) is 45.6 Å². The molecule has 1 aliphatic rings. The first kappa shape index (κ1) is 18.4. The fraction of sp³-hybridized carbons (Fsp3) is 0.200. The molecule has 5 nitrogen and oxygen atoms in total. The maximum atomic E-state index is 13.2. The van der Waals surface area contributed by atoms with E-state index in [1.165, 1.54) is 0 Å². The quantitative estimate of drug-likeness (QED) is 0.515. The van der Waals surface area contributed by atoms with Crippen LogP contribution in [0.2, 0.25) is 0 Å². The van der Waals surface area contributed by atoms with Crippen molar-refractivity contribution in [3.8, 4) is 0 Å². The zero-order valence-electron chi connectivity index (χ0n) is 16.9. The van der Waals surface area contributed by atoms with E-state index in [4.69, 9.17) is 0 Å². The van der Waals surface area contributed by atoms with Gasteiger partial charge < -0.3 is 14.4 Å². The fourth-order valence-electron chi connectivity index (χ4n) is 4.38. The zero-order chi connectivity index (χ0) is 20.7. The van der Waals surface area contributed by atoms with E-state index in [1.54, 1.807) is 0 Å². The summed E-state index contributed by atoms with van der Waals surface area (Å²) in [5.74, 6) is 0.0631. The first-order valence-electron chi connectivity index (χ1n) is 10.2. The third-order valence-electron chi connectivity index (χ3n) is 6.00. The highest BCUT2D eigenvalue weighted by Crippen LogP contribution is 2.24. The van der Waals surface area contributed by atoms with E-state index >= 15 is 0 Å². The Labute approximate surface area is 175 Å². The van der Waals surface area contributed by atoms with Crippen LogP contribution in [0.25, 0.3) is 21.7 Å². The minimum absolute atomic E-state index is 0.0315. The molecule has 1 aromatic heterocycles. The van der Waals surface area contributed by atoms with Crippen LogP contribution in [0.15, 0.2) is 72.9 Å². The number of amides is 2. The van der Waals surface area contributed by atoms with Crippen LogP contribution in [0.3, 0.4) is 0 Å². The molecule has 0 atom stereocenters. The molecule has 0 aliphatic carbocycles. The average molecular weight is 397 g/mol. The number of carbonyl (C=O) groups excluding carboxylic acids is 2. The van der Waals surface area contributed by atoms with Crippen molar-refractivity contribution in [1.29, 1.82) is 0 Å². The molecule has 0 bridgehead atoms. The minimum Gasteiger partial charge on any atom is -0.350 e. The van der Waals surface area contributed by atoms with Crippen LogP contribution in [0.5, 0.6) is 0 Å². The van der Waals surface area contributed by atoms with Gasteiger partial charge in [-0.05, 0) is 22.9 Å². The molecule has 2 heterocycles. The van der Waals surface area contributed by atoms with Gasteiger partial charge in [-0.2, -0.15) is 0 Å². The van der Waals surface area contributed by atoms with Crippen LogP contribution in [-0.4, -0.2) is 52.4 Å². The second-order valence-electron chi connectivity index (χ2n) is 7.78. The van der Waals surface area contributed by atoms with Crippen LogP contribution >= 0.6 is 0 Å². The van der Waals surface area contributed by atoms with E-state index in [2.05, 4.69) is 0 Å². The van der Waals surface area contributed by atoms with E-state index in [9.17, 15) is 9.59 Å². The number of piperazine rings is 1. The standard InChI is InChI=1S/C25H23N3O2/c1-26-17-22(20-10-4-5-12-23(20)26)25(30)28-15-13-27(14-16-28)24(29)21-11-6-8-18-7-2-3-9-19(18)21/h2-12,17H,13-16H2,1H3. The molecule has 3 aromatic carbocycles. The van der Waals surface area contributed by atoms with Gasteiger partial charge in [-0.25, -0.2) is 0 Å².